The molecular weight excluding hydrogens is 641 g/mol. The molecule has 0 fully saturated rings. The molecule has 260 valence electrons. The number of benzene rings is 2. The molecule has 4 aromatic rings. The first-order valence-electron chi connectivity index (χ1n) is 16.0. The minimum absolute atomic E-state index is 0.0213. The third kappa shape index (κ3) is 10.2. The third-order valence-corrected chi connectivity index (χ3v) is 7.48. The molecule has 2 heterocycles. The number of aromatic nitrogens is 3. The Bertz CT molecular complexity index is 1780. The maximum atomic E-state index is 13.8. The van der Waals surface area contributed by atoms with Gasteiger partial charge < -0.3 is 18.9 Å². The zero-order valence-electron chi connectivity index (χ0n) is 27.5. The second-order valence-electron chi connectivity index (χ2n) is 11.0. The fourth-order valence-corrected chi connectivity index (χ4v) is 5.05. The highest BCUT2D eigenvalue weighted by molar-refractivity contribution is 5.97. The van der Waals surface area contributed by atoms with E-state index in [2.05, 4.69) is 9.94 Å². The van der Waals surface area contributed by atoms with Crippen LogP contribution in [0.25, 0.3) is 27.5 Å². The first-order valence-corrected chi connectivity index (χ1v) is 16.0. The van der Waals surface area contributed by atoms with E-state index in [-0.39, 0.29) is 24.3 Å². The quantitative estimate of drug-likeness (QED) is 0.0597. The van der Waals surface area contributed by atoms with Gasteiger partial charge in [0.15, 0.2) is 11.5 Å². The van der Waals surface area contributed by atoms with Crippen LogP contribution in [0.4, 0.5) is 18.9 Å². The summed E-state index contributed by atoms with van der Waals surface area (Å²) in [7, 11) is 0. The van der Waals surface area contributed by atoms with Crippen LogP contribution in [0.1, 0.15) is 47.8 Å². The molecule has 0 bridgehead atoms. The molecule has 0 aliphatic heterocycles. The molecule has 2 aromatic carbocycles. The Labute approximate surface area is 282 Å². The first kappa shape index (κ1) is 37.2. The molecule has 0 amide bonds. The Morgan fingerprint density at radius 3 is 2.10 bits per heavy atom. The zero-order valence-corrected chi connectivity index (χ0v) is 27.5. The normalized spacial score (nSPS) is 11.5. The van der Waals surface area contributed by atoms with E-state index in [0.717, 1.165) is 23.1 Å². The van der Waals surface area contributed by atoms with Crippen molar-refractivity contribution >= 4 is 11.5 Å². The lowest BCUT2D eigenvalue weighted by atomic mass is 10.0. The van der Waals surface area contributed by atoms with Crippen molar-refractivity contribution in [2.24, 2.45) is 0 Å². The average Bonchev–Trinajstić information content (AvgIpc) is 3.58. The Hall–Kier alpha value is -4.61. The van der Waals surface area contributed by atoms with Gasteiger partial charge in [-0.25, -0.2) is 9.53 Å². The van der Waals surface area contributed by atoms with Crippen LogP contribution in [0.2, 0.25) is 0 Å². The van der Waals surface area contributed by atoms with Crippen molar-refractivity contribution in [3.8, 4) is 22.6 Å². The van der Waals surface area contributed by atoms with Gasteiger partial charge in [-0.3, -0.25) is 14.2 Å². The van der Waals surface area contributed by atoms with Crippen molar-refractivity contribution in [1.29, 1.82) is 0 Å². The number of carbonyl (C=O) groups excluding carboxylic acids is 1. The molecule has 0 atom stereocenters. The van der Waals surface area contributed by atoms with Gasteiger partial charge in [0.2, 0.25) is 0 Å². The molecule has 0 saturated heterocycles. The summed E-state index contributed by atoms with van der Waals surface area (Å²) in [6.07, 6.45) is -1.84. The molecule has 0 aliphatic carbocycles. The van der Waals surface area contributed by atoms with Crippen molar-refractivity contribution in [3.05, 3.63) is 105 Å². The second kappa shape index (κ2) is 18.2. The number of ether oxygens (including phenoxy) is 4. The molecule has 0 unspecified atom stereocenters. The Morgan fingerprint density at radius 1 is 0.857 bits per heavy atom. The fourth-order valence-electron chi connectivity index (χ4n) is 5.05. The smallest absolute Gasteiger partial charge is 0.379 e. The van der Waals surface area contributed by atoms with Gasteiger partial charge in [-0.05, 0) is 62.2 Å². The van der Waals surface area contributed by atoms with Crippen LogP contribution < -0.4 is 5.56 Å². The maximum absolute atomic E-state index is 13.8. The predicted octanol–water partition coefficient (Wildman–Crippen LogP) is 7.01. The summed E-state index contributed by atoms with van der Waals surface area (Å²) in [5, 5.41) is 4.40. The number of Topliss-reactive ketones (excluding diaryl/α,β-unsaturated/α-hetero) is 1. The predicted molar refractivity (Wildman–Crippen MR) is 178 cm³/mol. The molecule has 0 spiro atoms. The van der Waals surface area contributed by atoms with E-state index in [1.807, 2.05) is 6.92 Å². The fraction of sp³-hybridized carbons (Fsp3) is 0.389. The standard InChI is InChI=1S/C36H39F3N4O6/c1-4-16-46-18-20-48-22-23-49-21-19-47-17-6-9-34(44)32-25-31(33-14-15-41-43(33)29-12-10-28(40-3)11-13-29)26(2)42(35(32)45)30-8-5-7-27(24-30)36(37,38)39/h5,7-8,10-15,24-25H,4,6,9,16-23H2,1-2H3. The summed E-state index contributed by atoms with van der Waals surface area (Å²) in [6.45, 7) is 14.4. The molecule has 0 N–H and O–H groups in total. The summed E-state index contributed by atoms with van der Waals surface area (Å²) in [6, 6.07) is 14.3. The van der Waals surface area contributed by atoms with Crippen LogP contribution in [-0.2, 0) is 25.1 Å². The van der Waals surface area contributed by atoms with Crippen LogP contribution >= 0.6 is 0 Å². The minimum atomic E-state index is -4.64. The highest BCUT2D eigenvalue weighted by atomic mass is 19.4. The molecule has 4 rings (SSSR count). The lowest BCUT2D eigenvalue weighted by Crippen LogP contribution is -2.28. The number of rotatable bonds is 19. The van der Waals surface area contributed by atoms with Gasteiger partial charge in [0.25, 0.3) is 5.56 Å². The molecule has 0 aliphatic rings. The van der Waals surface area contributed by atoms with E-state index in [1.165, 1.54) is 24.4 Å². The number of carbonyl (C=O) groups is 1. The molecular formula is C36H39F3N4O6. The molecule has 0 saturated carbocycles. The summed E-state index contributed by atoms with van der Waals surface area (Å²) in [4.78, 5) is 30.7. The van der Waals surface area contributed by atoms with Crippen LogP contribution in [0.15, 0.2) is 71.7 Å². The number of nitrogens with zero attached hydrogens (tertiary/aromatic N) is 4. The van der Waals surface area contributed by atoms with Gasteiger partial charge in [-0.15, -0.1) is 0 Å². The number of pyridine rings is 1. The summed E-state index contributed by atoms with van der Waals surface area (Å²) < 4.78 is 65.5. The Kier molecular flexibility index (Phi) is 13.8. The van der Waals surface area contributed by atoms with E-state index < -0.39 is 23.1 Å². The van der Waals surface area contributed by atoms with Gasteiger partial charge >= 0.3 is 6.18 Å². The number of halogens is 3. The highest BCUT2D eigenvalue weighted by Crippen LogP contribution is 2.32. The lowest BCUT2D eigenvalue weighted by molar-refractivity contribution is -0.137. The van der Waals surface area contributed by atoms with Crippen LogP contribution in [-0.4, -0.2) is 73.0 Å². The van der Waals surface area contributed by atoms with Crippen LogP contribution in [0.3, 0.4) is 0 Å². The van der Waals surface area contributed by atoms with E-state index in [9.17, 15) is 22.8 Å². The van der Waals surface area contributed by atoms with Gasteiger partial charge in [-0.1, -0.05) is 25.1 Å². The van der Waals surface area contributed by atoms with Gasteiger partial charge in [0.05, 0.1) is 74.9 Å². The maximum Gasteiger partial charge on any atom is 0.416 e. The monoisotopic (exact) mass is 680 g/mol. The van der Waals surface area contributed by atoms with Crippen LogP contribution in [0.5, 0.6) is 0 Å². The molecule has 13 heteroatoms. The van der Waals surface area contributed by atoms with Crippen molar-refractivity contribution in [1.82, 2.24) is 14.3 Å². The van der Waals surface area contributed by atoms with Crippen molar-refractivity contribution < 1.29 is 36.9 Å². The number of hydrogen-bond donors (Lipinski definition) is 0. The molecule has 0 radical (unpaired) electrons. The minimum Gasteiger partial charge on any atom is -0.379 e. The largest absolute Gasteiger partial charge is 0.416 e. The lowest BCUT2D eigenvalue weighted by Gasteiger charge is -2.18. The van der Waals surface area contributed by atoms with Crippen molar-refractivity contribution in [2.45, 2.75) is 39.3 Å². The van der Waals surface area contributed by atoms with E-state index in [1.54, 1.807) is 41.9 Å². The molecule has 49 heavy (non-hydrogen) atoms. The van der Waals surface area contributed by atoms with Crippen molar-refractivity contribution in [3.63, 3.8) is 0 Å². The zero-order chi connectivity index (χ0) is 35.2. The summed E-state index contributed by atoms with van der Waals surface area (Å²) in [5.41, 5.74) is 0.444. The second-order valence-corrected chi connectivity index (χ2v) is 11.0. The number of hydrogen-bond acceptors (Lipinski definition) is 7. The van der Waals surface area contributed by atoms with Crippen LogP contribution in [0, 0.1) is 13.5 Å². The third-order valence-electron chi connectivity index (χ3n) is 7.48. The van der Waals surface area contributed by atoms with Crippen molar-refractivity contribution in [2.75, 3.05) is 52.9 Å². The highest BCUT2D eigenvalue weighted by Gasteiger charge is 2.31. The number of ketones is 1. The first-order chi connectivity index (χ1) is 23.7. The van der Waals surface area contributed by atoms with Gasteiger partial charge in [0, 0.05) is 36.6 Å². The SMILES string of the molecule is [C-]#[N+]c1ccc(-n2nccc2-c2cc(C(=O)CCCOCCOCCOCCOCCC)c(=O)n(-c3cccc(C(F)(F)F)c3)c2C)cc1. The topological polar surface area (TPSA) is 98.2 Å². The molecule has 10 nitrogen and oxygen atoms in total. The summed E-state index contributed by atoms with van der Waals surface area (Å²) >= 11 is 0. The van der Waals surface area contributed by atoms with Gasteiger partial charge in [0.1, 0.15) is 0 Å². The van der Waals surface area contributed by atoms with Gasteiger partial charge in [-0.2, -0.15) is 18.3 Å². The Balaban J connectivity index is 1.50. The van der Waals surface area contributed by atoms with E-state index in [4.69, 9.17) is 25.5 Å². The summed E-state index contributed by atoms with van der Waals surface area (Å²) in [5.74, 6) is -0.473. The van der Waals surface area contributed by atoms with E-state index >= 15 is 0 Å². The number of alkyl halides is 3. The van der Waals surface area contributed by atoms with E-state index in [0.29, 0.717) is 81.0 Å². The average molecular weight is 681 g/mol. The Morgan fingerprint density at radius 2 is 1.49 bits per heavy atom. The molecule has 2 aromatic heterocycles.